The van der Waals surface area contributed by atoms with E-state index in [2.05, 4.69) is 5.32 Å². The Labute approximate surface area is 112 Å². The van der Waals surface area contributed by atoms with Crippen molar-refractivity contribution in [3.8, 4) is 0 Å². The van der Waals surface area contributed by atoms with E-state index in [1.165, 1.54) is 0 Å². The molecule has 0 spiro atoms. The number of rotatable bonds is 4. The van der Waals surface area contributed by atoms with E-state index in [0.29, 0.717) is 6.61 Å². The van der Waals surface area contributed by atoms with E-state index in [-0.39, 0.29) is 18.1 Å². The van der Waals surface area contributed by atoms with Crippen molar-refractivity contribution in [1.82, 2.24) is 5.32 Å². The third-order valence-electron chi connectivity index (χ3n) is 3.29. The second-order valence-electron chi connectivity index (χ2n) is 4.61. The number of benzene rings is 2. The largest absolute Gasteiger partial charge is 0.361 e. The van der Waals surface area contributed by atoms with Crippen LogP contribution in [0.3, 0.4) is 0 Å². The van der Waals surface area contributed by atoms with Crippen LogP contribution in [-0.2, 0) is 16.1 Å². The minimum absolute atomic E-state index is 0.0302. The van der Waals surface area contributed by atoms with Gasteiger partial charge in [0.05, 0.1) is 12.6 Å². The highest BCUT2D eigenvalue weighted by molar-refractivity contribution is 5.88. The van der Waals surface area contributed by atoms with Gasteiger partial charge in [-0.3, -0.25) is 4.79 Å². The molecule has 0 saturated carbocycles. The van der Waals surface area contributed by atoms with Gasteiger partial charge in [0.2, 0.25) is 0 Å². The molecule has 1 fully saturated rings. The number of carbonyl (C=O) groups excluding carboxylic acids is 1. The van der Waals surface area contributed by atoms with Crippen LogP contribution >= 0.6 is 0 Å². The first kappa shape index (κ1) is 11.9. The molecule has 2 aromatic carbocycles. The molecule has 0 aliphatic carbocycles. The van der Waals surface area contributed by atoms with Crippen molar-refractivity contribution in [2.75, 3.05) is 0 Å². The lowest BCUT2D eigenvalue weighted by Gasteiger charge is -2.36. The topological polar surface area (TPSA) is 38.3 Å². The van der Waals surface area contributed by atoms with E-state index >= 15 is 0 Å². The summed E-state index contributed by atoms with van der Waals surface area (Å²) in [6, 6.07) is 19.8. The third kappa shape index (κ3) is 2.51. The van der Waals surface area contributed by atoms with E-state index in [9.17, 15) is 4.79 Å². The molecule has 1 N–H and O–H groups in total. The molecule has 1 heterocycles. The Kier molecular flexibility index (Phi) is 3.29. The standard InChI is InChI=1S/C16H15NO2/c18-16-15(19-11-12-7-3-1-4-8-12)14(17-16)13-9-5-2-6-10-13/h1-10,14-15H,11H2,(H,17,18)/t14-,15+/m0/s1. The highest BCUT2D eigenvalue weighted by Gasteiger charge is 2.41. The molecule has 1 aliphatic heterocycles. The highest BCUT2D eigenvalue weighted by atomic mass is 16.5. The summed E-state index contributed by atoms with van der Waals surface area (Å²) in [5.41, 5.74) is 2.16. The Morgan fingerprint density at radius 3 is 2.21 bits per heavy atom. The molecule has 96 valence electrons. The molecule has 19 heavy (non-hydrogen) atoms. The molecule has 2 aromatic rings. The fourth-order valence-corrected chi connectivity index (χ4v) is 2.22. The van der Waals surface area contributed by atoms with Crippen LogP contribution in [-0.4, -0.2) is 12.0 Å². The molecule has 2 atom stereocenters. The van der Waals surface area contributed by atoms with Gasteiger partial charge in [-0.15, -0.1) is 0 Å². The summed E-state index contributed by atoms with van der Waals surface area (Å²) in [5, 5.41) is 2.88. The highest BCUT2D eigenvalue weighted by Crippen LogP contribution is 2.27. The second-order valence-corrected chi connectivity index (χ2v) is 4.61. The number of nitrogens with one attached hydrogen (secondary N) is 1. The van der Waals surface area contributed by atoms with Gasteiger partial charge in [0.15, 0.2) is 6.10 Å². The van der Waals surface area contributed by atoms with Crippen molar-refractivity contribution >= 4 is 5.91 Å². The molecule has 0 bridgehead atoms. The molecule has 1 amide bonds. The van der Waals surface area contributed by atoms with E-state index in [4.69, 9.17) is 4.74 Å². The maximum absolute atomic E-state index is 11.6. The van der Waals surface area contributed by atoms with E-state index in [1.54, 1.807) is 0 Å². The Balaban J connectivity index is 1.65. The smallest absolute Gasteiger partial charge is 0.252 e. The zero-order valence-corrected chi connectivity index (χ0v) is 10.5. The minimum atomic E-state index is -0.386. The normalized spacial score (nSPS) is 21.6. The van der Waals surface area contributed by atoms with Gasteiger partial charge in [0.25, 0.3) is 5.91 Å². The van der Waals surface area contributed by atoms with Crippen LogP contribution in [0.5, 0.6) is 0 Å². The average molecular weight is 253 g/mol. The van der Waals surface area contributed by atoms with Gasteiger partial charge in [0, 0.05) is 0 Å². The van der Waals surface area contributed by atoms with Gasteiger partial charge in [-0.1, -0.05) is 60.7 Å². The van der Waals surface area contributed by atoms with Crippen molar-refractivity contribution in [3.63, 3.8) is 0 Å². The van der Waals surface area contributed by atoms with Crippen LogP contribution in [0.15, 0.2) is 60.7 Å². The Bertz CT molecular complexity index is 553. The summed E-state index contributed by atoms with van der Waals surface area (Å²) < 4.78 is 5.73. The minimum Gasteiger partial charge on any atom is -0.361 e. The molecule has 3 rings (SSSR count). The first-order chi connectivity index (χ1) is 9.34. The molecular formula is C16H15NO2. The van der Waals surface area contributed by atoms with Crippen molar-refractivity contribution in [3.05, 3.63) is 71.8 Å². The van der Waals surface area contributed by atoms with E-state index in [1.807, 2.05) is 60.7 Å². The molecule has 3 heteroatoms. The van der Waals surface area contributed by atoms with Crippen molar-refractivity contribution < 1.29 is 9.53 Å². The number of ether oxygens (including phenoxy) is 1. The average Bonchev–Trinajstić information content (AvgIpc) is 2.47. The fourth-order valence-electron chi connectivity index (χ4n) is 2.22. The molecule has 3 nitrogen and oxygen atoms in total. The van der Waals surface area contributed by atoms with Crippen molar-refractivity contribution in [1.29, 1.82) is 0 Å². The first-order valence-corrected chi connectivity index (χ1v) is 6.35. The molecule has 0 unspecified atom stereocenters. The molecule has 1 saturated heterocycles. The zero-order chi connectivity index (χ0) is 13.1. The summed E-state index contributed by atoms with van der Waals surface area (Å²) in [7, 11) is 0. The summed E-state index contributed by atoms with van der Waals surface area (Å²) in [6.07, 6.45) is -0.386. The van der Waals surface area contributed by atoms with Gasteiger partial charge in [-0.2, -0.15) is 0 Å². The Hall–Kier alpha value is -2.13. The molecule has 0 aromatic heterocycles. The first-order valence-electron chi connectivity index (χ1n) is 6.35. The Morgan fingerprint density at radius 2 is 1.58 bits per heavy atom. The molecular weight excluding hydrogens is 238 g/mol. The van der Waals surface area contributed by atoms with Crippen LogP contribution < -0.4 is 5.32 Å². The lowest BCUT2D eigenvalue weighted by atomic mass is 9.94. The number of carbonyl (C=O) groups is 1. The third-order valence-corrected chi connectivity index (χ3v) is 3.29. The van der Waals surface area contributed by atoms with E-state index in [0.717, 1.165) is 11.1 Å². The predicted octanol–water partition coefficient (Wildman–Crippen LogP) is 2.44. The summed E-state index contributed by atoms with van der Waals surface area (Å²) in [5.74, 6) is -0.0372. The van der Waals surface area contributed by atoms with Gasteiger partial charge < -0.3 is 10.1 Å². The number of hydrogen-bond acceptors (Lipinski definition) is 2. The van der Waals surface area contributed by atoms with Crippen LogP contribution in [0.2, 0.25) is 0 Å². The predicted molar refractivity (Wildman–Crippen MR) is 72.3 cm³/mol. The van der Waals surface area contributed by atoms with Gasteiger partial charge in [-0.25, -0.2) is 0 Å². The summed E-state index contributed by atoms with van der Waals surface area (Å²) >= 11 is 0. The van der Waals surface area contributed by atoms with Gasteiger partial charge in [0.1, 0.15) is 0 Å². The second kappa shape index (κ2) is 5.24. The number of β-lactam (4-membered cyclic amide) rings is 1. The number of amides is 1. The fraction of sp³-hybridized carbons (Fsp3) is 0.188. The van der Waals surface area contributed by atoms with Gasteiger partial charge >= 0.3 is 0 Å². The van der Waals surface area contributed by atoms with E-state index < -0.39 is 0 Å². The van der Waals surface area contributed by atoms with Crippen molar-refractivity contribution in [2.24, 2.45) is 0 Å². The summed E-state index contributed by atoms with van der Waals surface area (Å²) in [4.78, 5) is 11.6. The summed E-state index contributed by atoms with van der Waals surface area (Å²) in [6.45, 7) is 0.461. The number of hydrogen-bond donors (Lipinski definition) is 1. The van der Waals surface area contributed by atoms with Crippen LogP contribution in [0.4, 0.5) is 0 Å². The monoisotopic (exact) mass is 253 g/mol. The Morgan fingerprint density at radius 1 is 0.947 bits per heavy atom. The molecule has 0 radical (unpaired) electrons. The van der Waals surface area contributed by atoms with Crippen LogP contribution in [0.25, 0.3) is 0 Å². The van der Waals surface area contributed by atoms with Crippen LogP contribution in [0, 0.1) is 0 Å². The molecule has 1 aliphatic rings. The lowest BCUT2D eigenvalue weighted by molar-refractivity contribution is -0.150. The lowest BCUT2D eigenvalue weighted by Crippen LogP contribution is -2.57. The maximum atomic E-state index is 11.6. The SMILES string of the molecule is O=C1N[C@@H](c2ccccc2)[C@H]1OCc1ccccc1. The maximum Gasteiger partial charge on any atom is 0.252 e. The van der Waals surface area contributed by atoms with Crippen molar-refractivity contribution in [2.45, 2.75) is 18.8 Å². The van der Waals surface area contributed by atoms with Crippen LogP contribution in [0.1, 0.15) is 17.2 Å². The van der Waals surface area contributed by atoms with Gasteiger partial charge in [-0.05, 0) is 11.1 Å². The quantitative estimate of drug-likeness (QED) is 0.850. The zero-order valence-electron chi connectivity index (χ0n) is 10.5.